The van der Waals surface area contributed by atoms with Crippen molar-refractivity contribution in [2.24, 2.45) is 0 Å². The fraction of sp³-hybridized carbons (Fsp3) is 0.367. The van der Waals surface area contributed by atoms with Crippen LogP contribution >= 0.6 is 0 Å². The van der Waals surface area contributed by atoms with E-state index in [1.165, 1.54) is 11.4 Å². The summed E-state index contributed by atoms with van der Waals surface area (Å²) < 4.78 is 46.7. The maximum atomic E-state index is 13.3. The molecule has 4 heterocycles. The lowest BCUT2D eigenvalue weighted by atomic mass is 9.84. The molecule has 220 valence electrons. The molecule has 0 amide bonds. The highest BCUT2D eigenvalue weighted by Gasteiger charge is 2.35. The largest absolute Gasteiger partial charge is 0.493 e. The Bertz CT molecular complexity index is 1800. The molecule has 0 saturated carbocycles. The minimum absolute atomic E-state index is 0.0426. The van der Waals surface area contributed by atoms with Gasteiger partial charge in [0.05, 0.1) is 25.7 Å². The van der Waals surface area contributed by atoms with Gasteiger partial charge < -0.3 is 18.8 Å². The Labute approximate surface area is 243 Å². The minimum Gasteiger partial charge on any atom is -0.493 e. The van der Waals surface area contributed by atoms with E-state index in [9.17, 15) is 18.3 Å². The van der Waals surface area contributed by atoms with Crippen LogP contribution in [-0.4, -0.2) is 52.5 Å². The zero-order valence-electron chi connectivity index (χ0n) is 23.7. The van der Waals surface area contributed by atoms with Crippen LogP contribution in [-0.2, 0) is 34.7 Å². The van der Waals surface area contributed by atoms with Crippen LogP contribution in [0.25, 0.3) is 11.0 Å². The van der Waals surface area contributed by atoms with Crippen LogP contribution < -0.4 is 13.7 Å². The van der Waals surface area contributed by atoms with Crippen molar-refractivity contribution in [3.63, 3.8) is 0 Å². The lowest BCUT2D eigenvalue weighted by molar-refractivity contribution is -0.137. The number of hydrogen-bond acceptors (Lipinski definition) is 8. The maximum Gasteiger partial charge on any atom is 0.385 e. The molecule has 3 aliphatic heterocycles. The highest BCUT2D eigenvalue weighted by molar-refractivity contribution is 7.84. The molecule has 3 aliphatic rings. The second kappa shape index (κ2) is 10.9. The summed E-state index contributed by atoms with van der Waals surface area (Å²) in [7, 11) is -2.68. The number of aliphatic carboxylic acids is 1. The summed E-state index contributed by atoms with van der Waals surface area (Å²) in [5, 5.41) is 18.7. The molecule has 3 aromatic carbocycles. The summed E-state index contributed by atoms with van der Waals surface area (Å²) in [5.41, 5.74) is 6.36. The predicted octanol–water partition coefficient (Wildman–Crippen LogP) is 4.48. The zero-order chi connectivity index (χ0) is 29.6. The molecule has 2 unspecified atom stereocenters. The summed E-state index contributed by atoms with van der Waals surface area (Å²) in [5.74, 6) is -0.405. The number of rotatable bonds is 3. The number of carbonyl (C=O) groups is 1. The van der Waals surface area contributed by atoms with Crippen molar-refractivity contribution in [2.75, 3.05) is 13.7 Å². The molecule has 42 heavy (non-hydrogen) atoms. The molecule has 0 radical (unpaired) electrons. The molecule has 2 atom stereocenters. The van der Waals surface area contributed by atoms with E-state index in [0.717, 1.165) is 51.7 Å². The van der Waals surface area contributed by atoms with Crippen molar-refractivity contribution in [3.8, 4) is 17.2 Å². The summed E-state index contributed by atoms with van der Waals surface area (Å²) >= 11 is 0. The second-order valence-electron chi connectivity index (χ2n) is 10.8. The highest BCUT2D eigenvalue weighted by atomic mass is 32.2. The average Bonchev–Trinajstić information content (AvgIpc) is 3.36. The summed E-state index contributed by atoms with van der Waals surface area (Å²) in [6, 6.07) is 13.0. The van der Waals surface area contributed by atoms with Crippen molar-refractivity contribution < 1.29 is 32.0 Å². The van der Waals surface area contributed by atoms with Crippen LogP contribution in [0.5, 0.6) is 17.2 Å². The number of carboxylic acid groups (broad SMARTS) is 1. The fourth-order valence-corrected chi connectivity index (χ4v) is 6.87. The van der Waals surface area contributed by atoms with Crippen molar-refractivity contribution >= 4 is 27.3 Å². The van der Waals surface area contributed by atoms with Gasteiger partial charge in [-0.05, 0) is 66.6 Å². The van der Waals surface area contributed by atoms with Crippen LogP contribution in [0.15, 0.2) is 42.5 Å². The molecule has 11 nitrogen and oxygen atoms in total. The van der Waals surface area contributed by atoms with E-state index in [4.69, 9.17) is 13.7 Å². The van der Waals surface area contributed by atoms with Gasteiger partial charge in [-0.3, -0.25) is 4.79 Å². The highest BCUT2D eigenvalue weighted by Crippen LogP contribution is 2.42. The van der Waals surface area contributed by atoms with E-state index in [0.29, 0.717) is 24.5 Å². The number of carboxylic acids is 1. The molecule has 12 heteroatoms. The molecule has 0 fully saturated rings. The standard InChI is InChI=1S/C30H32N4O7S/c1-18-6-7-20-12-21(18)16-33-17-22-13-23(14-27(39-3)30(22)41-42(33,37)38)40-11-5-4-10-34-26-9-8-24(25(20)15-28(35)36)19(2)29(26)31-32-34/h6-9,12-14,25H,4-5,10-11,15-17H2,1-3H3,(H,35,36). The van der Waals surface area contributed by atoms with Gasteiger partial charge in [0, 0.05) is 37.2 Å². The van der Waals surface area contributed by atoms with Gasteiger partial charge in [0.15, 0.2) is 11.5 Å². The maximum absolute atomic E-state index is 13.3. The quantitative estimate of drug-likeness (QED) is 0.366. The first-order valence-electron chi connectivity index (χ1n) is 13.8. The van der Waals surface area contributed by atoms with E-state index < -0.39 is 22.2 Å². The Morgan fingerprint density at radius 1 is 1.10 bits per heavy atom. The van der Waals surface area contributed by atoms with E-state index in [-0.39, 0.29) is 31.0 Å². The number of aromatic nitrogens is 3. The summed E-state index contributed by atoms with van der Waals surface area (Å²) in [6.45, 7) is 5.05. The second-order valence-corrected chi connectivity index (χ2v) is 12.3. The molecule has 0 saturated heterocycles. The van der Waals surface area contributed by atoms with Crippen LogP contribution in [0.4, 0.5) is 0 Å². The van der Waals surface area contributed by atoms with Crippen molar-refractivity contribution in [1.82, 2.24) is 19.3 Å². The summed E-state index contributed by atoms with van der Waals surface area (Å²) in [6.07, 6.45) is 1.41. The lowest BCUT2D eigenvalue weighted by Crippen LogP contribution is -2.37. The SMILES string of the molecule is COc1cc2cc3c1OS(=O)(=O)N(Cc1cc(ccc1C)C(CC(=O)O)c1ccc4c(nnn4CCCCO2)c1C)C3. The predicted molar refractivity (Wildman–Crippen MR) is 154 cm³/mol. The van der Waals surface area contributed by atoms with E-state index in [2.05, 4.69) is 10.3 Å². The Morgan fingerprint density at radius 2 is 1.90 bits per heavy atom. The number of nitrogens with zero attached hydrogens (tertiary/aromatic N) is 4. The third-order valence-corrected chi connectivity index (χ3v) is 9.34. The van der Waals surface area contributed by atoms with Crippen LogP contribution in [0.1, 0.15) is 58.6 Å². The summed E-state index contributed by atoms with van der Waals surface area (Å²) in [4.78, 5) is 12.1. The number of ether oxygens (including phenoxy) is 2. The normalized spacial score (nSPS) is 19.8. The van der Waals surface area contributed by atoms with Crippen LogP contribution in [0.2, 0.25) is 0 Å². The Hall–Kier alpha value is -4.16. The molecule has 7 rings (SSSR count). The number of methoxy groups -OCH3 is 1. The van der Waals surface area contributed by atoms with E-state index in [1.54, 1.807) is 12.1 Å². The topological polar surface area (TPSA) is 133 Å². The molecule has 1 aromatic heterocycles. The van der Waals surface area contributed by atoms with Crippen LogP contribution in [0.3, 0.4) is 0 Å². The molecule has 1 N–H and O–H groups in total. The number of hydrogen-bond donors (Lipinski definition) is 1. The Morgan fingerprint density at radius 3 is 2.69 bits per heavy atom. The third kappa shape index (κ3) is 5.16. The Balaban J connectivity index is 1.48. The van der Waals surface area contributed by atoms with E-state index >= 15 is 0 Å². The number of fused-ring (bicyclic) bond motifs is 5. The number of benzene rings is 3. The van der Waals surface area contributed by atoms with Gasteiger partial charge in [-0.2, -0.15) is 12.7 Å². The smallest absolute Gasteiger partial charge is 0.385 e. The average molecular weight is 593 g/mol. The van der Waals surface area contributed by atoms with Gasteiger partial charge in [0.25, 0.3) is 0 Å². The van der Waals surface area contributed by atoms with Crippen molar-refractivity contribution in [2.45, 2.75) is 58.7 Å². The van der Waals surface area contributed by atoms with Crippen LogP contribution in [0, 0.1) is 13.8 Å². The van der Waals surface area contributed by atoms with Gasteiger partial charge in [0.2, 0.25) is 0 Å². The lowest BCUT2D eigenvalue weighted by Gasteiger charge is -2.30. The van der Waals surface area contributed by atoms with Gasteiger partial charge in [-0.1, -0.05) is 29.5 Å². The monoisotopic (exact) mass is 592 g/mol. The molecule has 9 bridgehead atoms. The van der Waals surface area contributed by atoms with E-state index in [1.807, 2.05) is 48.9 Å². The molecule has 0 spiro atoms. The van der Waals surface area contributed by atoms with Gasteiger partial charge >= 0.3 is 16.3 Å². The molecular formula is C30H32N4O7S. The third-order valence-electron chi connectivity index (χ3n) is 8.07. The first-order valence-corrected chi connectivity index (χ1v) is 15.2. The van der Waals surface area contributed by atoms with Gasteiger partial charge in [0.1, 0.15) is 11.3 Å². The molecule has 0 aliphatic carbocycles. The fourth-order valence-electron chi connectivity index (χ4n) is 5.77. The molecular weight excluding hydrogens is 560 g/mol. The number of aryl methyl sites for hydroxylation is 3. The molecule has 4 aromatic rings. The first-order chi connectivity index (χ1) is 20.1. The van der Waals surface area contributed by atoms with Crippen molar-refractivity contribution in [1.29, 1.82) is 0 Å². The van der Waals surface area contributed by atoms with Gasteiger partial charge in [-0.15, -0.1) is 5.10 Å². The zero-order valence-corrected chi connectivity index (χ0v) is 24.5. The van der Waals surface area contributed by atoms with Gasteiger partial charge in [-0.25, -0.2) is 4.68 Å². The first kappa shape index (κ1) is 28.0. The van der Waals surface area contributed by atoms with Crippen molar-refractivity contribution in [3.05, 3.63) is 75.8 Å². The minimum atomic E-state index is -4.14. The Kier molecular flexibility index (Phi) is 7.27.